The number of aliphatic hydroxyl groups excluding tert-OH is 2. The van der Waals surface area contributed by atoms with Crippen molar-refractivity contribution in [1.29, 1.82) is 0 Å². The van der Waals surface area contributed by atoms with Crippen LogP contribution in [0.5, 0.6) is 0 Å². The van der Waals surface area contributed by atoms with E-state index in [1.54, 1.807) is 23.5 Å². The highest BCUT2D eigenvalue weighted by atomic mass is 32.2. The second-order valence-corrected chi connectivity index (χ2v) is 6.20. The molecule has 0 fully saturated rings. The van der Waals surface area contributed by atoms with Gasteiger partial charge < -0.3 is 10.2 Å². The molecule has 0 spiro atoms. The smallest absolute Gasteiger partial charge is 0.135 e. The number of hydrogen-bond acceptors (Lipinski definition) is 6. The Balaban J connectivity index is 3.29. The molecule has 0 aliphatic heterocycles. The van der Waals surface area contributed by atoms with E-state index in [9.17, 15) is 9.59 Å². The molecule has 0 amide bonds. The summed E-state index contributed by atoms with van der Waals surface area (Å²) in [7, 11) is 0. The molecule has 0 bridgehead atoms. The van der Waals surface area contributed by atoms with E-state index in [-0.39, 0.29) is 37.6 Å². The predicted octanol–water partition coefficient (Wildman–Crippen LogP) is 1.14. The summed E-state index contributed by atoms with van der Waals surface area (Å²) >= 11 is 3.44. The molecule has 0 aliphatic rings. The van der Waals surface area contributed by atoms with E-state index < -0.39 is 0 Å². The molecular weight excluding hydrogens is 272 g/mol. The fourth-order valence-electron chi connectivity index (χ4n) is 1.23. The van der Waals surface area contributed by atoms with Gasteiger partial charge in [0.25, 0.3) is 0 Å². The van der Waals surface area contributed by atoms with Crippen molar-refractivity contribution in [2.75, 3.05) is 36.2 Å². The van der Waals surface area contributed by atoms with E-state index in [1.165, 1.54) is 0 Å². The molecule has 0 saturated carbocycles. The van der Waals surface area contributed by atoms with E-state index in [1.807, 2.05) is 0 Å². The van der Waals surface area contributed by atoms with Crippen molar-refractivity contribution in [3.63, 3.8) is 0 Å². The van der Waals surface area contributed by atoms with Crippen molar-refractivity contribution in [1.82, 2.24) is 0 Å². The van der Waals surface area contributed by atoms with Crippen LogP contribution in [0.3, 0.4) is 0 Å². The SMILES string of the molecule is O=C(CCO)CCC(=O)CCSCCSCCO. The molecule has 0 rings (SSSR count). The number of hydrogen-bond donors (Lipinski definition) is 2. The fourth-order valence-corrected chi connectivity index (χ4v) is 3.08. The first-order valence-corrected chi connectivity index (χ1v) is 8.42. The first-order chi connectivity index (χ1) is 8.70. The number of ketones is 2. The maximum absolute atomic E-state index is 11.4. The molecule has 0 aromatic rings. The van der Waals surface area contributed by atoms with Crippen LogP contribution in [0.1, 0.15) is 25.7 Å². The quantitative estimate of drug-likeness (QED) is 0.496. The molecule has 2 N–H and O–H groups in total. The van der Waals surface area contributed by atoms with Crippen LogP contribution < -0.4 is 0 Å². The van der Waals surface area contributed by atoms with Gasteiger partial charge in [0, 0.05) is 55.3 Å². The minimum absolute atomic E-state index is 0.0427. The van der Waals surface area contributed by atoms with Crippen molar-refractivity contribution in [3.05, 3.63) is 0 Å². The van der Waals surface area contributed by atoms with Gasteiger partial charge in [-0.3, -0.25) is 9.59 Å². The Morgan fingerprint density at radius 3 is 1.78 bits per heavy atom. The third-order valence-corrected chi connectivity index (χ3v) is 4.41. The molecule has 18 heavy (non-hydrogen) atoms. The van der Waals surface area contributed by atoms with Gasteiger partial charge in [0.2, 0.25) is 0 Å². The van der Waals surface area contributed by atoms with Gasteiger partial charge in [0.1, 0.15) is 11.6 Å². The largest absolute Gasteiger partial charge is 0.396 e. The third-order valence-electron chi connectivity index (χ3n) is 2.21. The van der Waals surface area contributed by atoms with Gasteiger partial charge in [-0.15, -0.1) is 0 Å². The number of rotatable bonds is 13. The maximum Gasteiger partial charge on any atom is 0.135 e. The molecule has 4 nitrogen and oxygen atoms in total. The number of carbonyl (C=O) groups is 2. The van der Waals surface area contributed by atoms with E-state index in [4.69, 9.17) is 10.2 Å². The lowest BCUT2D eigenvalue weighted by molar-refractivity contribution is -0.124. The van der Waals surface area contributed by atoms with Crippen LogP contribution in [0.15, 0.2) is 0 Å². The van der Waals surface area contributed by atoms with Crippen LogP contribution in [0.25, 0.3) is 0 Å². The van der Waals surface area contributed by atoms with E-state index in [2.05, 4.69) is 0 Å². The molecule has 0 atom stereocenters. The first kappa shape index (κ1) is 18.0. The summed E-state index contributed by atoms with van der Waals surface area (Å²) in [6, 6.07) is 0. The summed E-state index contributed by atoms with van der Waals surface area (Å²) in [5, 5.41) is 17.1. The summed E-state index contributed by atoms with van der Waals surface area (Å²) in [6.07, 6.45) is 1.24. The maximum atomic E-state index is 11.4. The Hall–Kier alpha value is -0.0400. The Bertz CT molecular complexity index is 234. The number of Topliss-reactive ketones (excluding diaryl/α,β-unsaturated/α-hetero) is 2. The van der Waals surface area contributed by atoms with Gasteiger partial charge in [-0.25, -0.2) is 0 Å². The van der Waals surface area contributed by atoms with Gasteiger partial charge in [0.05, 0.1) is 6.61 Å². The monoisotopic (exact) mass is 294 g/mol. The zero-order valence-electron chi connectivity index (χ0n) is 10.6. The highest BCUT2D eigenvalue weighted by Gasteiger charge is 2.06. The fraction of sp³-hybridized carbons (Fsp3) is 0.833. The lowest BCUT2D eigenvalue weighted by Gasteiger charge is -2.01. The second-order valence-electron chi connectivity index (χ2n) is 3.75. The molecule has 0 aromatic heterocycles. The van der Waals surface area contributed by atoms with Gasteiger partial charge in [-0.1, -0.05) is 0 Å². The van der Waals surface area contributed by atoms with E-state index >= 15 is 0 Å². The Morgan fingerprint density at radius 2 is 1.22 bits per heavy atom. The Morgan fingerprint density at radius 1 is 0.667 bits per heavy atom. The van der Waals surface area contributed by atoms with Gasteiger partial charge in [-0.05, 0) is 0 Å². The van der Waals surface area contributed by atoms with Crippen molar-refractivity contribution in [2.45, 2.75) is 25.7 Å². The number of thioether (sulfide) groups is 2. The Kier molecular flexibility index (Phi) is 13.4. The van der Waals surface area contributed by atoms with Crippen molar-refractivity contribution in [3.8, 4) is 0 Å². The summed E-state index contributed by atoms with van der Waals surface area (Å²) in [6.45, 7) is 0.0874. The summed E-state index contributed by atoms with van der Waals surface area (Å²) in [4.78, 5) is 22.5. The highest BCUT2D eigenvalue weighted by molar-refractivity contribution is 8.02. The van der Waals surface area contributed by atoms with Crippen molar-refractivity contribution in [2.24, 2.45) is 0 Å². The average molecular weight is 294 g/mol. The van der Waals surface area contributed by atoms with Crippen LogP contribution in [0.4, 0.5) is 0 Å². The molecule has 0 saturated heterocycles. The van der Waals surface area contributed by atoms with Crippen molar-refractivity contribution >= 4 is 35.1 Å². The molecule has 0 unspecified atom stereocenters. The molecule has 0 aromatic carbocycles. The van der Waals surface area contributed by atoms with Crippen LogP contribution in [0.2, 0.25) is 0 Å². The van der Waals surface area contributed by atoms with E-state index in [0.717, 1.165) is 23.0 Å². The van der Waals surface area contributed by atoms with Crippen LogP contribution in [-0.2, 0) is 9.59 Å². The number of carbonyl (C=O) groups excluding carboxylic acids is 2. The molecule has 106 valence electrons. The first-order valence-electron chi connectivity index (χ1n) is 6.11. The van der Waals surface area contributed by atoms with Gasteiger partial charge >= 0.3 is 0 Å². The third kappa shape index (κ3) is 12.4. The lowest BCUT2D eigenvalue weighted by atomic mass is 10.1. The minimum atomic E-state index is -0.131. The summed E-state index contributed by atoms with van der Waals surface area (Å²) in [5.74, 6) is 3.63. The van der Waals surface area contributed by atoms with Gasteiger partial charge in [0.15, 0.2) is 0 Å². The van der Waals surface area contributed by atoms with Crippen LogP contribution in [-0.4, -0.2) is 58.0 Å². The predicted molar refractivity (Wildman–Crippen MR) is 77.3 cm³/mol. The standard InChI is InChI=1S/C12H22O4S2/c13-5-3-11(15)1-2-12(16)4-7-17-9-10-18-8-6-14/h13-14H,1-10H2. The zero-order valence-corrected chi connectivity index (χ0v) is 12.2. The van der Waals surface area contributed by atoms with Crippen molar-refractivity contribution < 1.29 is 19.8 Å². The molecule has 0 heterocycles. The van der Waals surface area contributed by atoms with E-state index in [0.29, 0.717) is 12.8 Å². The highest BCUT2D eigenvalue weighted by Crippen LogP contribution is 2.09. The normalized spacial score (nSPS) is 10.6. The molecule has 0 radical (unpaired) electrons. The lowest BCUT2D eigenvalue weighted by Crippen LogP contribution is -2.06. The number of aliphatic hydroxyl groups is 2. The molecule has 0 aliphatic carbocycles. The summed E-state index contributed by atoms with van der Waals surface area (Å²) in [5.41, 5.74) is 0. The van der Waals surface area contributed by atoms with Crippen LogP contribution >= 0.6 is 23.5 Å². The Labute approximate surface area is 117 Å². The van der Waals surface area contributed by atoms with Crippen LogP contribution in [0, 0.1) is 0 Å². The minimum Gasteiger partial charge on any atom is -0.396 e. The van der Waals surface area contributed by atoms with Gasteiger partial charge in [-0.2, -0.15) is 23.5 Å². The summed E-state index contributed by atoms with van der Waals surface area (Å²) < 4.78 is 0. The zero-order chi connectivity index (χ0) is 13.6. The topological polar surface area (TPSA) is 74.6 Å². The molecule has 6 heteroatoms. The average Bonchev–Trinajstić information content (AvgIpc) is 2.35. The molecular formula is C12H22O4S2. The second kappa shape index (κ2) is 13.4.